The summed E-state index contributed by atoms with van der Waals surface area (Å²) < 4.78 is 5.40. The lowest BCUT2D eigenvalue weighted by atomic mass is 10.00. The smallest absolute Gasteiger partial charge is 0.191 e. The Morgan fingerprint density at radius 3 is 2.79 bits per heavy atom. The first kappa shape index (κ1) is 14.4. The fraction of sp³-hybridized carbons (Fsp3) is 0.692. The minimum Gasteiger partial charge on any atom is -0.381 e. The van der Waals surface area contributed by atoms with Crippen LogP contribution in [0.2, 0.25) is 0 Å². The number of hydrogen-bond acceptors (Lipinski definition) is 6. The topological polar surface area (TPSA) is 50.3 Å². The van der Waals surface area contributed by atoms with Gasteiger partial charge in [0.25, 0.3) is 0 Å². The molecule has 2 heterocycles. The monoisotopic (exact) mass is 282 g/mol. The molecule has 1 fully saturated rings. The van der Waals surface area contributed by atoms with E-state index in [-0.39, 0.29) is 0 Å². The molecule has 0 amide bonds. The third kappa shape index (κ3) is 3.98. The number of aromatic nitrogens is 2. The molecule has 1 aliphatic rings. The normalized spacial score (nSPS) is 16.4. The summed E-state index contributed by atoms with van der Waals surface area (Å²) in [5.74, 6) is 2.55. The Morgan fingerprint density at radius 2 is 2.16 bits per heavy atom. The van der Waals surface area contributed by atoms with Crippen LogP contribution in [0.25, 0.3) is 0 Å². The number of thioether (sulfide) groups is 1. The van der Waals surface area contributed by atoms with Crippen molar-refractivity contribution in [2.24, 2.45) is 5.92 Å². The molecule has 5 nitrogen and oxygen atoms in total. The van der Waals surface area contributed by atoms with Crippen molar-refractivity contribution in [2.45, 2.75) is 18.0 Å². The average Bonchev–Trinajstić information content (AvgIpc) is 2.47. The Balaban J connectivity index is 2.06. The predicted molar refractivity (Wildman–Crippen MR) is 80.2 cm³/mol. The molecule has 0 unspecified atom stereocenters. The highest BCUT2D eigenvalue weighted by Gasteiger charge is 2.17. The number of anilines is 2. The quantitative estimate of drug-likeness (QED) is 0.659. The van der Waals surface area contributed by atoms with Crippen LogP contribution < -0.4 is 10.2 Å². The van der Waals surface area contributed by atoms with Crippen molar-refractivity contribution >= 4 is 23.4 Å². The summed E-state index contributed by atoms with van der Waals surface area (Å²) in [4.78, 5) is 11.2. The fourth-order valence-corrected chi connectivity index (χ4v) is 2.61. The van der Waals surface area contributed by atoms with Gasteiger partial charge in [0.1, 0.15) is 11.6 Å². The van der Waals surface area contributed by atoms with Crippen molar-refractivity contribution in [1.82, 2.24) is 9.97 Å². The largest absolute Gasteiger partial charge is 0.381 e. The molecule has 0 bridgehead atoms. The second kappa shape index (κ2) is 6.96. The second-order valence-corrected chi connectivity index (χ2v) is 5.56. The zero-order chi connectivity index (χ0) is 13.7. The standard InChI is InChI=1S/C13H22N4OS/c1-14-11-8-12(16-13(15-11)19-3)17(2)9-10-4-6-18-7-5-10/h8,10H,4-7,9H2,1-3H3,(H,14,15,16). The van der Waals surface area contributed by atoms with E-state index in [1.54, 1.807) is 11.8 Å². The van der Waals surface area contributed by atoms with Gasteiger partial charge in [0.15, 0.2) is 5.16 Å². The first-order valence-corrected chi connectivity index (χ1v) is 7.85. The van der Waals surface area contributed by atoms with E-state index in [1.807, 2.05) is 19.4 Å². The lowest BCUT2D eigenvalue weighted by Gasteiger charge is -2.28. The van der Waals surface area contributed by atoms with E-state index in [0.29, 0.717) is 5.92 Å². The Labute approximate surface area is 119 Å². The minimum absolute atomic E-state index is 0.699. The van der Waals surface area contributed by atoms with Crippen molar-refractivity contribution in [2.75, 3.05) is 50.3 Å². The maximum Gasteiger partial charge on any atom is 0.191 e. The fourth-order valence-electron chi connectivity index (χ4n) is 2.24. The van der Waals surface area contributed by atoms with Gasteiger partial charge in [-0.05, 0) is 25.0 Å². The molecule has 6 heteroatoms. The highest BCUT2D eigenvalue weighted by atomic mass is 32.2. The number of nitrogens with zero attached hydrogens (tertiary/aromatic N) is 3. The molecule has 0 aromatic carbocycles. The molecule has 0 spiro atoms. The van der Waals surface area contributed by atoms with Gasteiger partial charge in [-0.25, -0.2) is 9.97 Å². The maximum atomic E-state index is 5.40. The molecule has 0 atom stereocenters. The first-order valence-electron chi connectivity index (χ1n) is 6.62. The van der Waals surface area contributed by atoms with Crippen molar-refractivity contribution in [3.05, 3.63) is 6.07 Å². The van der Waals surface area contributed by atoms with E-state index >= 15 is 0 Å². The Morgan fingerprint density at radius 1 is 1.42 bits per heavy atom. The Bertz CT molecular complexity index is 387. The van der Waals surface area contributed by atoms with Gasteiger partial charge in [0.2, 0.25) is 0 Å². The van der Waals surface area contributed by atoms with Crippen molar-refractivity contribution in [3.8, 4) is 0 Å². The SMILES string of the molecule is CNc1cc(N(C)CC2CCOCC2)nc(SC)n1. The molecule has 1 aromatic rings. The van der Waals surface area contributed by atoms with Crippen molar-refractivity contribution in [1.29, 1.82) is 0 Å². The van der Waals surface area contributed by atoms with Gasteiger partial charge in [-0.1, -0.05) is 11.8 Å². The number of ether oxygens (including phenoxy) is 1. The van der Waals surface area contributed by atoms with E-state index < -0.39 is 0 Å². The van der Waals surface area contributed by atoms with Gasteiger partial charge in [0.05, 0.1) is 0 Å². The predicted octanol–water partition coefficient (Wildman–Crippen LogP) is 2.10. The molecule has 0 saturated carbocycles. The van der Waals surface area contributed by atoms with Crippen molar-refractivity contribution < 1.29 is 4.74 Å². The summed E-state index contributed by atoms with van der Waals surface area (Å²) in [5, 5.41) is 3.90. The average molecular weight is 282 g/mol. The zero-order valence-electron chi connectivity index (χ0n) is 11.8. The van der Waals surface area contributed by atoms with Crippen LogP contribution >= 0.6 is 11.8 Å². The van der Waals surface area contributed by atoms with Gasteiger partial charge < -0.3 is 15.0 Å². The van der Waals surface area contributed by atoms with Crippen LogP contribution in [0.5, 0.6) is 0 Å². The molecule has 1 aliphatic heterocycles. The van der Waals surface area contributed by atoms with Gasteiger partial charge in [-0.15, -0.1) is 0 Å². The lowest BCUT2D eigenvalue weighted by Crippen LogP contribution is -2.30. The van der Waals surface area contributed by atoms with E-state index in [4.69, 9.17) is 4.74 Å². The molecule has 0 radical (unpaired) electrons. The number of hydrogen-bond donors (Lipinski definition) is 1. The summed E-state index contributed by atoms with van der Waals surface area (Å²) in [6.45, 7) is 2.80. The molecule has 1 aromatic heterocycles. The summed E-state index contributed by atoms with van der Waals surface area (Å²) in [5.41, 5.74) is 0. The number of nitrogens with one attached hydrogen (secondary N) is 1. The van der Waals surface area contributed by atoms with Crippen LogP contribution in [0.1, 0.15) is 12.8 Å². The highest BCUT2D eigenvalue weighted by Crippen LogP contribution is 2.22. The maximum absolute atomic E-state index is 5.40. The molecule has 106 valence electrons. The molecule has 19 heavy (non-hydrogen) atoms. The van der Waals surface area contributed by atoms with E-state index in [0.717, 1.165) is 49.4 Å². The summed E-state index contributed by atoms with van der Waals surface area (Å²) in [6.07, 6.45) is 4.28. The Hall–Kier alpha value is -1.01. The third-order valence-electron chi connectivity index (χ3n) is 3.39. The van der Waals surface area contributed by atoms with Gasteiger partial charge in [0, 0.05) is 39.9 Å². The zero-order valence-corrected chi connectivity index (χ0v) is 12.7. The first-order chi connectivity index (χ1) is 9.22. The molecule has 1 saturated heterocycles. The molecule has 1 N–H and O–H groups in total. The molecule has 2 rings (SSSR count). The Kier molecular flexibility index (Phi) is 5.27. The summed E-state index contributed by atoms with van der Waals surface area (Å²) >= 11 is 1.57. The summed E-state index contributed by atoms with van der Waals surface area (Å²) in [7, 11) is 3.98. The van der Waals surface area contributed by atoms with Crippen molar-refractivity contribution in [3.63, 3.8) is 0 Å². The molecular weight excluding hydrogens is 260 g/mol. The third-order valence-corrected chi connectivity index (χ3v) is 3.94. The highest BCUT2D eigenvalue weighted by molar-refractivity contribution is 7.98. The van der Waals surface area contributed by atoms with Crippen LogP contribution in [0.4, 0.5) is 11.6 Å². The lowest BCUT2D eigenvalue weighted by molar-refractivity contribution is 0.0685. The van der Waals surface area contributed by atoms with E-state index in [9.17, 15) is 0 Å². The van der Waals surface area contributed by atoms with Crippen LogP contribution in [0.15, 0.2) is 11.2 Å². The van der Waals surface area contributed by atoms with Gasteiger partial charge >= 0.3 is 0 Å². The number of rotatable bonds is 5. The van der Waals surface area contributed by atoms with Crippen LogP contribution in [0, 0.1) is 5.92 Å². The molecule has 0 aliphatic carbocycles. The minimum atomic E-state index is 0.699. The van der Waals surface area contributed by atoms with Gasteiger partial charge in [-0.3, -0.25) is 0 Å². The second-order valence-electron chi connectivity index (χ2n) is 4.78. The van der Waals surface area contributed by atoms with Crippen LogP contribution in [0.3, 0.4) is 0 Å². The van der Waals surface area contributed by atoms with E-state index in [1.165, 1.54) is 0 Å². The van der Waals surface area contributed by atoms with Crippen LogP contribution in [-0.2, 0) is 4.74 Å². The van der Waals surface area contributed by atoms with Crippen LogP contribution in [-0.4, -0.2) is 50.1 Å². The summed E-state index contributed by atoms with van der Waals surface area (Å²) in [6, 6.07) is 2.00. The molecular formula is C13H22N4OS. The van der Waals surface area contributed by atoms with E-state index in [2.05, 4.69) is 27.2 Å². The van der Waals surface area contributed by atoms with Gasteiger partial charge in [-0.2, -0.15) is 0 Å².